The zero-order valence-corrected chi connectivity index (χ0v) is 23.2. The third-order valence-corrected chi connectivity index (χ3v) is 8.07. The Kier molecular flexibility index (Phi) is 8.41. The Morgan fingerprint density at radius 1 is 1.28 bits per heavy atom. The number of carbonyl (C=O) groups is 1. The molecule has 5 rings (SSSR count). The van der Waals surface area contributed by atoms with Gasteiger partial charge in [-0.1, -0.05) is 5.16 Å². The minimum absolute atomic E-state index is 0. The van der Waals surface area contributed by atoms with Gasteiger partial charge in [-0.2, -0.15) is 0 Å². The van der Waals surface area contributed by atoms with Gasteiger partial charge in [0.05, 0.1) is 25.3 Å². The van der Waals surface area contributed by atoms with E-state index < -0.39 is 12.2 Å². The molecule has 1 atom stereocenters. The van der Waals surface area contributed by atoms with Crippen molar-refractivity contribution in [1.82, 2.24) is 19.6 Å². The number of quaternary nitrogens is 1. The predicted octanol–water partition coefficient (Wildman–Crippen LogP) is 3.70. The van der Waals surface area contributed by atoms with Gasteiger partial charge in [0, 0.05) is 68.5 Å². The van der Waals surface area contributed by atoms with Crippen LogP contribution in [0, 0.1) is 20.2 Å². The Hall–Kier alpha value is -3.31. The second-order valence-electron chi connectivity index (χ2n) is 10.8. The zero-order chi connectivity index (χ0) is 27.0. The number of carbonyl (C=O) groups excluding carboxylic acids is 1. The van der Waals surface area contributed by atoms with Crippen molar-refractivity contribution in [2.24, 2.45) is 0 Å². The number of likely N-dealkylation sites (tertiary alicyclic amines) is 1. The Labute approximate surface area is 227 Å². The van der Waals surface area contributed by atoms with E-state index in [4.69, 9.17) is 9.26 Å². The number of ether oxygens (including phenoxy) is 1. The van der Waals surface area contributed by atoms with Crippen LogP contribution < -0.4 is 5.56 Å². The number of aliphatic hydroxyl groups excluding tert-OH is 1. The minimum Gasteiger partial charge on any atom is -0.399 e. The lowest BCUT2D eigenvalue weighted by atomic mass is 9.90. The molecule has 4 heterocycles. The van der Waals surface area contributed by atoms with E-state index in [0.29, 0.717) is 53.1 Å². The van der Waals surface area contributed by atoms with Crippen LogP contribution in [0.1, 0.15) is 60.5 Å². The summed E-state index contributed by atoms with van der Waals surface area (Å²) in [5.74, 6) is 0.225. The summed E-state index contributed by atoms with van der Waals surface area (Å²) in [4.78, 5) is 31.6. The second kappa shape index (κ2) is 11.4. The van der Waals surface area contributed by atoms with Gasteiger partial charge >= 0.3 is 6.09 Å². The number of aromatic nitrogens is 3. The van der Waals surface area contributed by atoms with E-state index in [0.717, 1.165) is 43.4 Å². The molecule has 0 radical (unpaired) electrons. The first-order valence-electron chi connectivity index (χ1n) is 13.2. The van der Waals surface area contributed by atoms with Crippen molar-refractivity contribution < 1.29 is 28.0 Å². The van der Waals surface area contributed by atoms with Crippen molar-refractivity contribution in [3.63, 3.8) is 0 Å². The lowest BCUT2D eigenvalue weighted by Gasteiger charge is -2.42. The highest BCUT2D eigenvalue weighted by atomic mass is 19.1. The van der Waals surface area contributed by atoms with Gasteiger partial charge in [0.1, 0.15) is 17.7 Å². The standard InChI is InChI=1S/C27H35FN5O5.CH3/c1-17-20(26(35)32-11-4-5-22(34)25(32)29-17)10-14-33(16-37-27(36)31(2)3)12-8-18(9-13-33)24-21-7-6-19(28)15-23(21)38-30-24;/h6-7,15,18,22,34H,4-5,8-14,16H2,1-3H3;1H3/q+1;-1. The molecule has 1 N–H and O–H groups in total. The number of benzene rings is 1. The second-order valence-corrected chi connectivity index (χ2v) is 10.8. The summed E-state index contributed by atoms with van der Waals surface area (Å²) < 4.78 is 26.8. The van der Waals surface area contributed by atoms with E-state index >= 15 is 0 Å². The van der Waals surface area contributed by atoms with Crippen LogP contribution >= 0.6 is 0 Å². The average molecular weight is 544 g/mol. The summed E-state index contributed by atoms with van der Waals surface area (Å²) in [5, 5.41) is 15.4. The number of piperidine rings is 1. The first-order chi connectivity index (χ1) is 18.2. The van der Waals surface area contributed by atoms with Gasteiger partial charge < -0.3 is 26.7 Å². The summed E-state index contributed by atoms with van der Waals surface area (Å²) in [6.07, 6.45) is 2.29. The molecular weight excluding hydrogens is 505 g/mol. The highest BCUT2D eigenvalue weighted by Gasteiger charge is 2.38. The van der Waals surface area contributed by atoms with Crippen molar-refractivity contribution in [1.29, 1.82) is 0 Å². The molecule has 0 spiro atoms. The molecule has 1 unspecified atom stereocenters. The normalized spacial score (nSPS) is 22.7. The number of aliphatic hydroxyl groups is 1. The lowest BCUT2D eigenvalue weighted by Crippen LogP contribution is -2.56. The maximum absolute atomic E-state index is 13.6. The highest BCUT2D eigenvalue weighted by Crippen LogP contribution is 2.35. The summed E-state index contributed by atoms with van der Waals surface area (Å²) in [6, 6.07) is 4.48. The van der Waals surface area contributed by atoms with Gasteiger partial charge in [0.2, 0.25) is 6.73 Å². The van der Waals surface area contributed by atoms with Gasteiger partial charge in [-0.15, -0.1) is 0 Å². The molecule has 11 heteroatoms. The predicted molar refractivity (Wildman–Crippen MR) is 143 cm³/mol. The summed E-state index contributed by atoms with van der Waals surface area (Å²) in [7, 11) is 3.30. The first-order valence-corrected chi connectivity index (χ1v) is 13.2. The molecule has 212 valence electrons. The van der Waals surface area contributed by atoms with Crippen molar-refractivity contribution in [3.05, 3.63) is 64.6 Å². The van der Waals surface area contributed by atoms with Crippen molar-refractivity contribution >= 4 is 17.1 Å². The number of nitrogens with zero attached hydrogens (tertiary/aromatic N) is 5. The smallest absolute Gasteiger partial charge is 0.399 e. The summed E-state index contributed by atoms with van der Waals surface area (Å²) in [6.45, 7) is 4.63. The highest BCUT2D eigenvalue weighted by molar-refractivity contribution is 5.79. The number of hydrogen-bond acceptors (Lipinski definition) is 7. The Bertz CT molecular complexity index is 1390. The van der Waals surface area contributed by atoms with E-state index in [1.165, 1.54) is 17.0 Å². The summed E-state index contributed by atoms with van der Waals surface area (Å²) in [5.41, 5.74) is 2.46. The Balaban J connectivity index is 0.00000353. The van der Waals surface area contributed by atoms with E-state index in [1.807, 2.05) is 6.92 Å². The molecule has 2 aliphatic heterocycles. The zero-order valence-electron chi connectivity index (χ0n) is 23.2. The molecule has 1 fully saturated rings. The fraction of sp³-hybridized carbons (Fsp3) is 0.536. The average Bonchev–Trinajstić information content (AvgIpc) is 3.31. The number of amides is 1. The Morgan fingerprint density at radius 3 is 2.74 bits per heavy atom. The third-order valence-electron chi connectivity index (χ3n) is 8.07. The monoisotopic (exact) mass is 543 g/mol. The quantitative estimate of drug-likeness (QED) is 0.373. The van der Waals surface area contributed by atoms with Crippen LogP contribution in [-0.4, -0.2) is 75.8 Å². The van der Waals surface area contributed by atoms with Crippen LogP contribution in [0.2, 0.25) is 0 Å². The third kappa shape index (κ3) is 5.69. The van der Waals surface area contributed by atoms with E-state index in [2.05, 4.69) is 10.1 Å². The van der Waals surface area contributed by atoms with Crippen LogP contribution in [0.15, 0.2) is 27.5 Å². The van der Waals surface area contributed by atoms with Crippen LogP contribution in [0.5, 0.6) is 0 Å². The minimum atomic E-state index is -0.712. The fourth-order valence-electron chi connectivity index (χ4n) is 5.75. The van der Waals surface area contributed by atoms with Crippen molar-refractivity contribution in [2.75, 3.05) is 40.5 Å². The molecule has 0 bridgehead atoms. The number of hydrogen-bond donors (Lipinski definition) is 1. The number of rotatable bonds is 6. The summed E-state index contributed by atoms with van der Waals surface area (Å²) >= 11 is 0. The molecule has 1 aromatic carbocycles. The van der Waals surface area contributed by atoms with Crippen molar-refractivity contribution in [2.45, 2.75) is 57.6 Å². The van der Waals surface area contributed by atoms with Crippen LogP contribution in [0.4, 0.5) is 9.18 Å². The molecule has 0 saturated carbocycles. The van der Waals surface area contributed by atoms with Crippen LogP contribution in [0.25, 0.3) is 11.0 Å². The lowest BCUT2D eigenvalue weighted by molar-refractivity contribution is -0.948. The number of fused-ring (bicyclic) bond motifs is 2. The molecule has 10 nitrogen and oxygen atoms in total. The molecule has 1 amide bonds. The van der Waals surface area contributed by atoms with E-state index in [9.17, 15) is 19.1 Å². The van der Waals surface area contributed by atoms with Crippen LogP contribution in [0.3, 0.4) is 0 Å². The molecule has 3 aromatic rings. The van der Waals surface area contributed by atoms with Gasteiger partial charge in [-0.3, -0.25) is 13.8 Å². The van der Waals surface area contributed by atoms with E-state index in [-0.39, 0.29) is 31.5 Å². The number of aryl methyl sites for hydroxylation is 1. The Morgan fingerprint density at radius 2 is 2.03 bits per heavy atom. The number of halogens is 1. The first kappa shape index (κ1) is 28.7. The topological polar surface area (TPSA) is 111 Å². The van der Waals surface area contributed by atoms with Crippen molar-refractivity contribution in [3.8, 4) is 0 Å². The van der Waals surface area contributed by atoms with Gasteiger partial charge in [0.15, 0.2) is 5.58 Å². The van der Waals surface area contributed by atoms with Crippen LogP contribution in [-0.2, 0) is 17.7 Å². The molecule has 2 aliphatic rings. The van der Waals surface area contributed by atoms with Gasteiger partial charge in [0.25, 0.3) is 5.56 Å². The molecular formula is C28H38FN5O5. The molecule has 0 aliphatic carbocycles. The molecule has 39 heavy (non-hydrogen) atoms. The largest absolute Gasteiger partial charge is 0.413 e. The van der Waals surface area contributed by atoms with Gasteiger partial charge in [-0.25, -0.2) is 14.2 Å². The van der Waals surface area contributed by atoms with Gasteiger partial charge in [-0.05, 0) is 31.9 Å². The molecule has 2 aromatic heterocycles. The maximum Gasteiger partial charge on any atom is 0.413 e. The maximum atomic E-state index is 13.6. The van der Waals surface area contributed by atoms with E-state index in [1.54, 1.807) is 24.7 Å². The molecule has 1 saturated heterocycles. The fourth-order valence-corrected chi connectivity index (χ4v) is 5.75. The SMILES string of the molecule is Cc1nc2n(c(=O)c1CC[N+]1(COC(=O)N(C)C)CCC(c3noc4cc(F)ccc34)CC1)CCCC2O.[CH3-].